The highest BCUT2D eigenvalue weighted by Crippen LogP contribution is 2.41. The van der Waals surface area contributed by atoms with Gasteiger partial charge in [0.05, 0.1) is 36.5 Å². The molecule has 0 radical (unpaired) electrons. The second kappa shape index (κ2) is 9.56. The number of hydrogen-bond donors (Lipinski definition) is 2. The van der Waals surface area contributed by atoms with Gasteiger partial charge in [-0.25, -0.2) is 31.9 Å². The summed E-state index contributed by atoms with van der Waals surface area (Å²) < 4.78 is 77.7. The third kappa shape index (κ3) is 5.06. The molecule has 1 aliphatic heterocycles. The molecule has 178 valence electrons. The average Bonchev–Trinajstić information content (AvgIpc) is 3.35. The summed E-state index contributed by atoms with van der Waals surface area (Å²) in [5, 5.41) is 5.22. The van der Waals surface area contributed by atoms with Crippen molar-refractivity contribution >= 4 is 11.7 Å². The Labute approximate surface area is 185 Å². The second-order valence-electron chi connectivity index (χ2n) is 7.81. The Morgan fingerprint density at radius 1 is 1.15 bits per heavy atom. The lowest BCUT2D eigenvalue weighted by molar-refractivity contribution is -0.122. The topological polar surface area (TPSA) is 85.4 Å². The lowest BCUT2D eigenvalue weighted by Crippen LogP contribution is -2.43. The molecule has 0 spiro atoms. The zero-order chi connectivity index (χ0) is 23.6. The smallest absolute Gasteiger partial charge is 0.266 e. The molecule has 2 aromatic rings. The Balaban J connectivity index is 1.56. The number of alkyl halides is 4. The van der Waals surface area contributed by atoms with Gasteiger partial charge in [0, 0.05) is 12.1 Å². The molecule has 1 aromatic carbocycles. The van der Waals surface area contributed by atoms with Gasteiger partial charge in [-0.05, 0) is 12.8 Å². The molecule has 7 nitrogen and oxygen atoms in total. The Morgan fingerprint density at radius 2 is 1.88 bits per heavy atom. The summed E-state index contributed by atoms with van der Waals surface area (Å²) in [6.07, 6.45) is -5.37. The van der Waals surface area contributed by atoms with Gasteiger partial charge in [0.15, 0.2) is 6.29 Å². The quantitative estimate of drug-likeness (QED) is 0.542. The average molecular weight is 472 g/mol. The monoisotopic (exact) mass is 472 g/mol. The number of rotatable bonds is 9. The molecule has 0 unspecified atom stereocenters. The number of amides is 1. The van der Waals surface area contributed by atoms with Gasteiger partial charge in [-0.15, -0.1) is 0 Å². The van der Waals surface area contributed by atoms with Gasteiger partial charge in [-0.1, -0.05) is 18.2 Å². The first-order valence-electron chi connectivity index (χ1n) is 10.3. The van der Waals surface area contributed by atoms with Crippen LogP contribution in [0.1, 0.15) is 47.9 Å². The van der Waals surface area contributed by atoms with Crippen LogP contribution in [0.3, 0.4) is 0 Å². The van der Waals surface area contributed by atoms with Crippen LogP contribution in [0.5, 0.6) is 0 Å². The van der Waals surface area contributed by atoms with Crippen molar-refractivity contribution < 1.29 is 36.2 Å². The van der Waals surface area contributed by atoms with Crippen LogP contribution in [0.15, 0.2) is 24.5 Å². The number of aromatic nitrogens is 2. The predicted octanol–water partition coefficient (Wildman–Crippen LogP) is 3.67. The minimum absolute atomic E-state index is 0.0162. The lowest BCUT2D eigenvalue weighted by Gasteiger charge is -2.20. The zero-order valence-corrected chi connectivity index (χ0v) is 17.3. The van der Waals surface area contributed by atoms with E-state index in [4.69, 9.17) is 9.47 Å². The summed E-state index contributed by atoms with van der Waals surface area (Å²) in [5.74, 6) is -1.53. The van der Waals surface area contributed by atoms with Crippen molar-refractivity contribution in [3.05, 3.63) is 52.7 Å². The van der Waals surface area contributed by atoms with Crippen LogP contribution in [-0.4, -0.2) is 41.1 Å². The van der Waals surface area contributed by atoms with Crippen molar-refractivity contribution in [1.82, 2.24) is 15.3 Å². The number of benzene rings is 1. The molecule has 33 heavy (non-hydrogen) atoms. The van der Waals surface area contributed by atoms with Gasteiger partial charge in [-0.2, -0.15) is 0 Å². The van der Waals surface area contributed by atoms with E-state index in [1.165, 1.54) is 12.1 Å². The Hall–Kier alpha value is -2.86. The van der Waals surface area contributed by atoms with E-state index in [9.17, 15) is 26.7 Å². The number of nitrogens with zero attached hydrogens (tertiary/aromatic N) is 2. The third-order valence-electron chi connectivity index (χ3n) is 5.54. The predicted molar refractivity (Wildman–Crippen MR) is 105 cm³/mol. The van der Waals surface area contributed by atoms with Crippen LogP contribution < -0.4 is 10.6 Å². The van der Waals surface area contributed by atoms with Gasteiger partial charge in [0.25, 0.3) is 12.9 Å². The number of ether oxygens (including phenoxy) is 2. The number of anilines is 1. The van der Waals surface area contributed by atoms with Crippen molar-refractivity contribution in [3.63, 3.8) is 0 Å². The van der Waals surface area contributed by atoms with E-state index in [2.05, 4.69) is 20.6 Å². The van der Waals surface area contributed by atoms with Crippen LogP contribution in [0, 0.1) is 5.82 Å². The van der Waals surface area contributed by atoms with Crippen LogP contribution in [-0.2, 0) is 27.2 Å². The minimum Gasteiger partial charge on any atom is -0.365 e. The molecule has 2 N–H and O–H groups in total. The first-order chi connectivity index (χ1) is 15.8. The number of carbonyl (C=O) groups is 1. The Bertz CT molecular complexity index is 1010. The second-order valence-corrected chi connectivity index (χ2v) is 7.81. The molecular formula is C21H21F5N4O3. The fourth-order valence-electron chi connectivity index (χ4n) is 3.58. The summed E-state index contributed by atoms with van der Waals surface area (Å²) in [6.45, 7) is 0.345. The molecule has 1 saturated carbocycles. The molecule has 4 rings (SSSR count). The van der Waals surface area contributed by atoms with Gasteiger partial charge in [0.2, 0.25) is 5.91 Å². The number of nitrogens with one attached hydrogen (secondary N) is 2. The SMILES string of the molecule is O=C(Cc1ncnc(NCc2cccc(C(F)F)c2F)c1C1OCCO1)NC1(C(F)F)CC1. The molecular weight excluding hydrogens is 451 g/mol. The third-order valence-corrected chi connectivity index (χ3v) is 5.54. The van der Waals surface area contributed by atoms with Crippen molar-refractivity contribution in [3.8, 4) is 0 Å². The summed E-state index contributed by atoms with van der Waals surface area (Å²) in [6, 6.07) is 3.67. The highest BCUT2D eigenvalue weighted by atomic mass is 19.3. The fraction of sp³-hybridized carbons (Fsp3) is 0.476. The maximum absolute atomic E-state index is 14.4. The summed E-state index contributed by atoms with van der Waals surface area (Å²) in [5.41, 5.74) is -1.79. The van der Waals surface area contributed by atoms with E-state index in [-0.39, 0.29) is 61.7 Å². The molecule has 0 bridgehead atoms. The first-order valence-corrected chi connectivity index (χ1v) is 10.3. The van der Waals surface area contributed by atoms with Crippen LogP contribution in [0.4, 0.5) is 27.8 Å². The molecule has 1 aliphatic carbocycles. The van der Waals surface area contributed by atoms with Gasteiger partial charge < -0.3 is 20.1 Å². The molecule has 2 fully saturated rings. The molecule has 1 aromatic heterocycles. The molecule has 0 atom stereocenters. The summed E-state index contributed by atoms with van der Waals surface area (Å²) in [4.78, 5) is 20.6. The van der Waals surface area contributed by atoms with E-state index in [1.54, 1.807) is 0 Å². The van der Waals surface area contributed by atoms with Crippen molar-refractivity contribution in [2.45, 2.75) is 50.5 Å². The van der Waals surface area contributed by atoms with E-state index >= 15 is 0 Å². The Kier molecular flexibility index (Phi) is 6.75. The van der Waals surface area contributed by atoms with E-state index in [1.807, 2.05) is 0 Å². The van der Waals surface area contributed by atoms with Crippen LogP contribution >= 0.6 is 0 Å². The largest absolute Gasteiger partial charge is 0.365 e. The Morgan fingerprint density at radius 3 is 2.52 bits per heavy atom. The standard InChI is InChI=1S/C21H21F5N4O3/c22-16-11(2-1-3-12(16)17(23)24)9-27-18-15(19-32-6-7-33-19)13(28-10-29-18)8-14(31)30-21(4-5-21)20(25)26/h1-3,10,17,19-20H,4-9H2,(H,30,31)(H,27,28,29). The van der Waals surface area contributed by atoms with Gasteiger partial charge >= 0.3 is 0 Å². The molecule has 1 saturated heterocycles. The van der Waals surface area contributed by atoms with Crippen LogP contribution in [0.25, 0.3) is 0 Å². The number of halogens is 5. The number of hydrogen-bond acceptors (Lipinski definition) is 6. The van der Waals surface area contributed by atoms with E-state index in [0.717, 1.165) is 12.4 Å². The molecule has 2 heterocycles. The summed E-state index contributed by atoms with van der Waals surface area (Å²) in [7, 11) is 0. The molecule has 1 amide bonds. The fourth-order valence-corrected chi connectivity index (χ4v) is 3.58. The van der Waals surface area contributed by atoms with E-state index in [0.29, 0.717) is 0 Å². The normalized spacial score (nSPS) is 17.5. The van der Waals surface area contributed by atoms with Crippen molar-refractivity contribution in [1.29, 1.82) is 0 Å². The highest BCUT2D eigenvalue weighted by Gasteiger charge is 2.52. The van der Waals surface area contributed by atoms with Gasteiger partial charge in [0.1, 0.15) is 23.5 Å². The van der Waals surface area contributed by atoms with Crippen molar-refractivity contribution in [2.24, 2.45) is 0 Å². The zero-order valence-electron chi connectivity index (χ0n) is 17.3. The maximum Gasteiger partial charge on any atom is 0.266 e. The number of carbonyl (C=O) groups excluding carboxylic acids is 1. The molecule has 12 heteroatoms. The maximum atomic E-state index is 14.4. The van der Waals surface area contributed by atoms with Gasteiger partial charge in [-0.3, -0.25) is 4.79 Å². The molecule has 2 aliphatic rings. The van der Waals surface area contributed by atoms with Crippen LogP contribution in [0.2, 0.25) is 0 Å². The summed E-state index contributed by atoms with van der Waals surface area (Å²) >= 11 is 0. The van der Waals surface area contributed by atoms with Crippen molar-refractivity contribution in [2.75, 3.05) is 18.5 Å². The van der Waals surface area contributed by atoms with E-state index < -0.39 is 42.0 Å². The highest BCUT2D eigenvalue weighted by molar-refractivity contribution is 5.80. The minimum atomic E-state index is -2.96. The lowest BCUT2D eigenvalue weighted by atomic mass is 10.1. The first kappa shape index (κ1) is 23.3.